The smallest absolute Gasteiger partial charge is 0.407 e. The lowest BCUT2D eigenvalue weighted by atomic mass is 9.87. The minimum atomic E-state index is -0.442. The fourth-order valence-electron chi connectivity index (χ4n) is 2.12. The maximum absolute atomic E-state index is 11.6. The quantitative estimate of drug-likeness (QED) is 0.748. The van der Waals surface area contributed by atoms with Gasteiger partial charge in [-0.2, -0.15) is 5.10 Å². The van der Waals surface area contributed by atoms with Crippen LogP contribution < -0.4 is 10.6 Å². The number of ether oxygens (including phenoxy) is 1. The highest BCUT2D eigenvalue weighted by molar-refractivity contribution is 5.68. The Kier molecular flexibility index (Phi) is 4.59. The van der Waals surface area contributed by atoms with Gasteiger partial charge in [0.05, 0.1) is 0 Å². The van der Waals surface area contributed by atoms with Gasteiger partial charge in [0.25, 0.3) is 0 Å². The molecular formula is C13H23N5O2. The second-order valence-electron chi connectivity index (χ2n) is 6.15. The Morgan fingerprint density at radius 3 is 2.80 bits per heavy atom. The highest BCUT2D eigenvalue weighted by Crippen LogP contribution is 2.20. The SMILES string of the molecule is CC(C)(C)OC(=O)NC1CC(NCCc2ncn[nH]2)C1. The fourth-order valence-corrected chi connectivity index (χ4v) is 2.12. The number of nitrogens with one attached hydrogen (secondary N) is 3. The van der Waals surface area contributed by atoms with Crippen LogP contribution in [0.5, 0.6) is 0 Å². The molecule has 1 aromatic rings. The Balaban J connectivity index is 1.55. The molecule has 0 aromatic carbocycles. The number of aromatic nitrogens is 3. The molecule has 1 aromatic heterocycles. The first-order chi connectivity index (χ1) is 9.42. The average molecular weight is 281 g/mol. The number of hydrogen-bond donors (Lipinski definition) is 3. The Morgan fingerprint density at radius 2 is 2.20 bits per heavy atom. The molecule has 2 rings (SSSR count). The first kappa shape index (κ1) is 14.8. The molecule has 1 heterocycles. The third-order valence-electron chi connectivity index (χ3n) is 3.12. The Hall–Kier alpha value is -1.63. The molecule has 0 radical (unpaired) electrons. The van der Waals surface area contributed by atoms with E-state index < -0.39 is 5.60 Å². The number of amides is 1. The maximum Gasteiger partial charge on any atom is 0.407 e. The zero-order chi connectivity index (χ0) is 14.6. The molecule has 0 unspecified atom stereocenters. The molecule has 0 bridgehead atoms. The molecule has 7 nitrogen and oxygen atoms in total. The monoisotopic (exact) mass is 281 g/mol. The maximum atomic E-state index is 11.6. The number of alkyl carbamates (subject to hydrolysis) is 1. The van der Waals surface area contributed by atoms with Crippen molar-refractivity contribution in [3.63, 3.8) is 0 Å². The van der Waals surface area contributed by atoms with Gasteiger partial charge in [-0.3, -0.25) is 5.10 Å². The summed E-state index contributed by atoms with van der Waals surface area (Å²) in [6, 6.07) is 0.672. The van der Waals surface area contributed by atoms with E-state index in [9.17, 15) is 4.79 Å². The van der Waals surface area contributed by atoms with Crippen molar-refractivity contribution < 1.29 is 9.53 Å². The van der Waals surface area contributed by atoms with Crippen molar-refractivity contribution in [1.82, 2.24) is 25.8 Å². The lowest BCUT2D eigenvalue weighted by molar-refractivity contribution is 0.0465. The van der Waals surface area contributed by atoms with Crippen LogP contribution in [0, 0.1) is 0 Å². The third kappa shape index (κ3) is 4.80. The molecule has 0 atom stereocenters. The standard InChI is InChI=1S/C13H23N5O2/c1-13(2,3)20-12(19)17-10-6-9(7-10)14-5-4-11-15-8-16-18-11/h8-10,14H,4-7H2,1-3H3,(H,17,19)(H,15,16,18). The molecule has 1 amide bonds. The van der Waals surface area contributed by atoms with Gasteiger partial charge >= 0.3 is 6.09 Å². The number of hydrogen-bond acceptors (Lipinski definition) is 5. The van der Waals surface area contributed by atoms with Gasteiger partial charge in [-0.05, 0) is 33.6 Å². The first-order valence-corrected chi connectivity index (χ1v) is 6.99. The minimum Gasteiger partial charge on any atom is -0.444 e. The van der Waals surface area contributed by atoms with E-state index in [1.807, 2.05) is 20.8 Å². The van der Waals surface area contributed by atoms with E-state index in [1.165, 1.54) is 6.33 Å². The zero-order valence-electron chi connectivity index (χ0n) is 12.3. The van der Waals surface area contributed by atoms with E-state index in [-0.39, 0.29) is 12.1 Å². The van der Waals surface area contributed by atoms with E-state index in [0.29, 0.717) is 6.04 Å². The van der Waals surface area contributed by atoms with Crippen LogP contribution in [0.4, 0.5) is 4.79 Å². The summed E-state index contributed by atoms with van der Waals surface area (Å²) in [5, 5.41) is 12.9. The van der Waals surface area contributed by atoms with Gasteiger partial charge in [-0.1, -0.05) is 0 Å². The van der Waals surface area contributed by atoms with Crippen LogP contribution >= 0.6 is 0 Å². The molecule has 0 aliphatic heterocycles. The Labute approximate surface area is 118 Å². The van der Waals surface area contributed by atoms with Crippen LogP contribution in [0.1, 0.15) is 39.4 Å². The van der Waals surface area contributed by atoms with E-state index in [0.717, 1.165) is 31.6 Å². The van der Waals surface area contributed by atoms with Gasteiger partial charge in [0.15, 0.2) is 0 Å². The van der Waals surface area contributed by atoms with E-state index in [2.05, 4.69) is 25.8 Å². The van der Waals surface area contributed by atoms with Gasteiger partial charge in [0, 0.05) is 25.0 Å². The van der Waals surface area contributed by atoms with Gasteiger partial charge in [0.2, 0.25) is 0 Å². The molecule has 7 heteroatoms. The fraction of sp³-hybridized carbons (Fsp3) is 0.769. The van der Waals surface area contributed by atoms with Crippen LogP contribution in [-0.4, -0.2) is 45.5 Å². The van der Waals surface area contributed by atoms with Crippen molar-refractivity contribution in [2.24, 2.45) is 0 Å². The van der Waals surface area contributed by atoms with Crippen molar-refractivity contribution in [2.75, 3.05) is 6.54 Å². The number of carbonyl (C=O) groups excluding carboxylic acids is 1. The average Bonchev–Trinajstić information content (AvgIpc) is 2.75. The second kappa shape index (κ2) is 6.21. The summed E-state index contributed by atoms with van der Waals surface area (Å²) < 4.78 is 5.22. The summed E-state index contributed by atoms with van der Waals surface area (Å²) in [6.07, 6.45) is 3.90. The third-order valence-corrected chi connectivity index (χ3v) is 3.12. The topological polar surface area (TPSA) is 91.9 Å². The summed E-state index contributed by atoms with van der Waals surface area (Å²) in [5.41, 5.74) is -0.442. The van der Waals surface area contributed by atoms with Crippen molar-refractivity contribution in [2.45, 2.75) is 57.7 Å². The molecule has 3 N–H and O–H groups in total. The van der Waals surface area contributed by atoms with Crippen molar-refractivity contribution in [1.29, 1.82) is 0 Å². The van der Waals surface area contributed by atoms with Crippen LogP contribution in [0.15, 0.2) is 6.33 Å². The lowest BCUT2D eigenvalue weighted by Gasteiger charge is -2.36. The van der Waals surface area contributed by atoms with Crippen LogP contribution in [0.25, 0.3) is 0 Å². The molecule has 1 aliphatic carbocycles. The van der Waals surface area contributed by atoms with E-state index >= 15 is 0 Å². The Morgan fingerprint density at radius 1 is 1.45 bits per heavy atom. The van der Waals surface area contributed by atoms with Crippen molar-refractivity contribution in [3.05, 3.63) is 12.2 Å². The summed E-state index contributed by atoms with van der Waals surface area (Å²) in [7, 11) is 0. The number of carbonyl (C=O) groups is 1. The highest BCUT2D eigenvalue weighted by atomic mass is 16.6. The largest absolute Gasteiger partial charge is 0.444 e. The molecule has 0 spiro atoms. The molecule has 1 saturated carbocycles. The molecule has 20 heavy (non-hydrogen) atoms. The van der Waals surface area contributed by atoms with Gasteiger partial charge in [-0.25, -0.2) is 9.78 Å². The van der Waals surface area contributed by atoms with Crippen LogP contribution in [0.2, 0.25) is 0 Å². The van der Waals surface area contributed by atoms with Crippen LogP contribution in [-0.2, 0) is 11.2 Å². The number of aromatic amines is 1. The number of H-pyrrole nitrogens is 1. The number of rotatable bonds is 5. The molecule has 0 saturated heterocycles. The van der Waals surface area contributed by atoms with Crippen molar-refractivity contribution in [3.8, 4) is 0 Å². The molecule has 112 valence electrons. The summed E-state index contributed by atoms with van der Waals surface area (Å²) >= 11 is 0. The summed E-state index contributed by atoms with van der Waals surface area (Å²) in [4.78, 5) is 15.6. The van der Waals surface area contributed by atoms with Gasteiger partial charge in [-0.15, -0.1) is 0 Å². The predicted octanol–water partition coefficient (Wildman–Crippen LogP) is 0.992. The zero-order valence-corrected chi connectivity index (χ0v) is 12.3. The lowest BCUT2D eigenvalue weighted by Crippen LogP contribution is -2.53. The minimum absolute atomic E-state index is 0.215. The predicted molar refractivity (Wildman–Crippen MR) is 74.3 cm³/mol. The van der Waals surface area contributed by atoms with Crippen LogP contribution in [0.3, 0.4) is 0 Å². The summed E-state index contributed by atoms with van der Waals surface area (Å²) in [5.74, 6) is 0.889. The number of nitrogens with zero attached hydrogens (tertiary/aromatic N) is 2. The van der Waals surface area contributed by atoms with Crippen molar-refractivity contribution >= 4 is 6.09 Å². The Bertz CT molecular complexity index is 420. The summed E-state index contributed by atoms with van der Waals surface area (Å²) in [6.45, 7) is 6.45. The van der Waals surface area contributed by atoms with E-state index in [1.54, 1.807) is 0 Å². The first-order valence-electron chi connectivity index (χ1n) is 6.99. The molecular weight excluding hydrogens is 258 g/mol. The molecule has 1 fully saturated rings. The van der Waals surface area contributed by atoms with Gasteiger partial charge in [0.1, 0.15) is 17.8 Å². The van der Waals surface area contributed by atoms with E-state index in [4.69, 9.17) is 4.74 Å². The highest BCUT2D eigenvalue weighted by Gasteiger charge is 2.31. The normalized spacial score (nSPS) is 22.1. The second-order valence-corrected chi connectivity index (χ2v) is 6.15. The molecule has 1 aliphatic rings. The van der Waals surface area contributed by atoms with Gasteiger partial charge < -0.3 is 15.4 Å².